The van der Waals surface area contributed by atoms with Gasteiger partial charge in [0.2, 0.25) is 0 Å². The van der Waals surface area contributed by atoms with Crippen LogP contribution in [0.2, 0.25) is 0 Å². The van der Waals surface area contributed by atoms with Gasteiger partial charge in [-0.25, -0.2) is 0 Å². The van der Waals surface area contributed by atoms with E-state index in [4.69, 9.17) is 0 Å². The predicted molar refractivity (Wildman–Crippen MR) is 85.5 cm³/mol. The number of thiophene rings is 1. The van der Waals surface area contributed by atoms with Gasteiger partial charge >= 0.3 is 0 Å². The summed E-state index contributed by atoms with van der Waals surface area (Å²) in [4.78, 5) is 21.9. The summed E-state index contributed by atoms with van der Waals surface area (Å²) in [6.07, 6.45) is 0. The Hall–Kier alpha value is -2.25. The normalized spacial score (nSPS) is 13.4. The summed E-state index contributed by atoms with van der Waals surface area (Å²) >= 11 is 1.47. The standard InChI is InChI=1S/C15H16N2O4S/c1-10(18)11-3-4-13(14(7-11)17(20)21)16-9-15(2,19)12-5-6-22-8-12/h3-8,16,19H,9H2,1-2H3/t15-/m1/s1. The van der Waals surface area contributed by atoms with E-state index in [1.54, 1.807) is 13.0 Å². The lowest BCUT2D eigenvalue weighted by Crippen LogP contribution is -2.30. The highest BCUT2D eigenvalue weighted by Crippen LogP contribution is 2.28. The topological polar surface area (TPSA) is 92.5 Å². The van der Waals surface area contributed by atoms with Crippen LogP contribution in [0.15, 0.2) is 35.0 Å². The second kappa shape index (κ2) is 6.25. The van der Waals surface area contributed by atoms with Gasteiger partial charge in [-0.3, -0.25) is 14.9 Å². The van der Waals surface area contributed by atoms with Crippen molar-refractivity contribution in [3.63, 3.8) is 0 Å². The van der Waals surface area contributed by atoms with E-state index >= 15 is 0 Å². The van der Waals surface area contributed by atoms with Crippen LogP contribution in [0.3, 0.4) is 0 Å². The van der Waals surface area contributed by atoms with E-state index < -0.39 is 10.5 Å². The van der Waals surface area contributed by atoms with Gasteiger partial charge in [0.1, 0.15) is 11.3 Å². The maximum atomic E-state index is 11.3. The first-order valence-corrected chi connectivity index (χ1v) is 7.54. The fourth-order valence-electron chi connectivity index (χ4n) is 1.99. The Morgan fingerprint density at radius 1 is 1.45 bits per heavy atom. The average Bonchev–Trinajstić information content (AvgIpc) is 2.99. The minimum Gasteiger partial charge on any atom is -0.384 e. The van der Waals surface area contributed by atoms with Gasteiger partial charge in [-0.1, -0.05) is 0 Å². The summed E-state index contributed by atoms with van der Waals surface area (Å²) < 4.78 is 0. The molecule has 2 rings (SSSR count). The Kier molecular flexibility index (Phi) is 4.58. The Morgan fingerprint density at radius 2 is 2.18 bits per heavy atom. The number of nitro groups is 1. The van der Waals surface area contributed by atoms with Crippen LogP contribution in [-0.2, 0) is 5.60 Å². The molecule has 7 heteroatoms. The fourth-order valence-corrected chi connectivity index (χ4v) is 2.77. The van der Waals surface area contributed by atoms with Gasteiger partial charge in [0.05, 0.1) is 4.92 Å². The smallest absolute Gasteiger partial charge is 0.293 e. The number of anilines is 1. The lowest BCUT2D eigenvalue weighted by atomic mass is 9.99. The molecule has 0 spiro atoms. The van der Waals surface area contributed by atoms with E-state index in [0.29, 0.717) is 0 Å². The summed E-state index contributed by atoms with van der Waals surface area (Å²) in [5, 5.41) is 28.1. The van der Waals surface area contributed by atoms with Gasteiger partial charge in [0.15, 0.2) is 5.78 Å². The van der Waals surface area contributed by atoms with Gasteiger partial charge < -0.3 is 10.4 Å². The summed E-state index contributed by atoms with van der Waals surface area (Å²) in [6.45, 7) is 3.11. The van der Waals surface area contributed by atoms with Gasteiger partial charge in [-0.2, -0.15) is 11.3 Å². The lowest BCUT2D eigenvalue weighted by molar-refractivity contribution is -0.384. The van der Waals surface area contributed by atoms with Crippen molar-refractivity contribution >= 4 is 28.5 Å². The van der Waals surface area contributed by atoms with Crippen molar-refractivity contribution in [2.75, 3.05) is 11.9 Å². The van der Waals surface area contributed by atoms with E-state index in [9.17, 15) is 20.0 Å². The van der Waals surface area contributed by atoms with Crippen LogP contribution in [-0.4, -0.2) is 22.4 Å². The van der Waals surface area contributed by atoms with Crippen LogP contribution in [0.1, 0.15) is 29.8 Å². The summed E-state index contributed by atoms with van der Waals surface area (Å²) in [7, 11) is 0. The number of carbonyl (C=O) groups is 1. The molecule has 1 aromatic carbocycles. The molecule has 1 atom stereocenters. The largest absolute Gasteiger partial charge is 0.384 e. The molecule has 1 heterocycles. The fraction of sp³-hybridized carbons (Fsp3) is 0.267. The molecule has 0 aliphatic rings. The molecule has 116 valence electrons. The summed E-state index contributed by atoms with van der Waals surface area (Å²) in [5.41, 5.74) is -0.0400. The zero-order chi connectivity index (χ0) is 16.3. The molecular formula is C15H16N2O4S. The number of aliphatic hydroxyl groups is 1. The average molecular weight is 320 g/mol. The lowest BCUT2D eigenvalue weighted by Gasteiger charge is -2.23. The van der Waals surface area contributed by atoms with Crippen molar-refractivity contribution in [2.45, 2.75) is 19.4 Å². The first-order valence-electron chi connectivity index (χ1n) is 6.59. The van der Waals surface area contributed by atoms with Crippen molar-refractivity contribution in [2.24, 2.45) is 0 Å². The van der Waals surface area contributed by atoms with Gasteiger partial charge in [-0.05, 0) is 48.4 Å². The molecule has 6 nitrogen and oxygen atoms in total. The van der Waals surface area contributed by atoms with Crippen molar-refractivity contribution in [1.82, 2.24) is 0 Å². The number of nitro benzene ring substituents is 1. The maximum Gasteiger partial charge on any atom is 0.293 e. The van der Waals surface area contributed by atoms with Crippen LogP contribution < -0.4 is 5.32 Å². The molecule has 0 aliphatic carbocycles. The molecule has 0 saturated heterocycles. The Morgan fingerprint density at radius 3 is 2.73 bits per heavy atom. The highest BCUT2D eigenvalue weighted by Gasteiger charge is 2.25. The highest BCUT2D eigenvalue weighted by molar-refractivity contribution is 7.08. The molecule has 0 unspecified atom stereocenters. The first-order chi connectivity index (χ1) is 10.3. The number of rotatable bonds is 6. The second-order valence-corrected chi connectivity index (χ2v) is 5.96. The monoisotopic (exact) mass is 320 g/mol. The van der Waals surface area contributed by atoms with Crippen molar-refractivity contribution < 1.29 is 14.8 Å². The Bertz CT molecular complexity index is 696. The zero-order valence-corrected chi connectivity index (χ0v) is 13.0. The third-order valence-corrected chi connectivity index (χ3v) is 4.05. The molecule has 0 amide bonds. The minimum atomic E-state index is -1.15. The molecule has 0 saturated carbocycles. The third-order valence-electron chi connectivity index (χ3n) is 3.37. The van der Waals surface area contributed by atoms with Crippen LogP contribution in [0.4, 0.5) is 11.4 Å². The van der Waals surface area contributed by atoms with Crippen LogP contribution >= 0.6 is 11.3 Å². The first kappa shape index (κ1) is 16.1. The molecule has 0 aliphatic heterocycles. The van der Waals surface area contributed by atoms with E-state index in [1.807, 2.05) is 10.8 Å². The molecule has 0 radical (unpaired) electrons. The number of Topliss-reactive ketones (excluding diaryl/α,β-unsaturated/α-hetero) is 1. The molecule has 0 fully saturated rings. The van der Waals surface area contributed by atoms with Crippen molar-refractivity contribution in [3.8, 4) is 0 Å². The van der Waals surface area contributed by atoms with Gasteiger partial charge in [-0.15, -0.1) is 0 Å². The summed E-state index contributed by atoms with van der Waals surface area (Å²) in [5.74, 6) is -0.236. The number of nitrogens with one attached hydrogen (secondary N) is 1. The SMILES string of the molecule is CC(=O)c1ccc(NC[C@@](C)(O)c2ccsc2)c([N+](=O)[O-])c1. The number of benzene rings is 1. The molecule has 2 aromatic rings. The Labute approximate surface area is 131 Å². The Balaban J connectivity index is 2.22. The molecule has 1 aromatic heterocycles. The van der Waals surface area contributed by atoms with Crippen molar-refractivity contribution in [1.29, 1.82) is 0 Å². The number of hydrogen-bond acceptors (Lipinski definition) is 6. The van der Waals surface area contributed by atoms with E-state index in [-0.39, 0.29) is 29.3 Å². The number of hydrogen-bond donors (Lipinski definition) is 2. The molecule has 0 bridgehead atoms. The molecule has 2 N–H and O–H groups in total. The summed E-state index contributed by atoms with van der Waals surface area (Å²) in [6, 6.07) is 6.05. The third kappa shape index (κ3) is 3.49. The van der Waals surface area contributed by atoms with Crippen LogP contribution in [0, 0.1) is 10.1 Å². The van der Waals surface area contributed by atoms with Crippen LogP contribution in [0.5, 0.6) is 0 Å². The number of carbonyl (C=O) groups excluding carboxylic acids is 1. The molecular weight excluding hydrogens is 304 g/mol. The number of ketones is 1. The minimum absolute atomic E-state index is 0.115. The van der Waals surface area contributed by atoms with Gasteiger partial charge in [0, 0.05) is 18.2 Å². The predicted octanol–water partition coefficient (Wildman–Crippen LogP) is 3.18. The second-order valence-electron chi connectivity index (χ2n) is 5.18. The highest BCUT2D eigenvalue weighted by atomic mass is 32.1. The maximum absolute atomic E-state index is 11.3. The zero-order valence-electron chi connectivity index (χ0n) is 12.2. The van der Waals surface area contributed by atoms with Crippen LogP contribution in [0.25, 0.3) is 0 Å². The van der Waals surface area contributed by atoms with E-state index in [1.165, 1.54) is 36.5 Å². The van der Waals surface area contributed by atoms with Gasteiger partial charge in [0.25, 0.3) is 5.69 Å². The van der Waals surface area contributed by atoms with Crippen molar-refractivity contribution in [3.05, 3.63) is 56.3 Å². The quantitative estimate of drug-likeness (QED) is 0.484. The van der Waals surface area contributed by atoms with E-state index in [2.05, 4.69) is 5.32 Å². The van der Waals surface area contributed by atoms with E-state index in [0.717, 1.165) is 5.56 Å². The number of nitrogens with zero attached hydrogens (tertiary/aromatic N) is 1. The molecule has 22 heavy (non-hydrogen) atoms.